The fourth-order valence-corrected chi connectivity index (χ4v) is 2.87. The number of aromatic hydroxyl groups is 4. The Balaban J connectivity index is 2.12. The molecule has 0 aliphatic heterocycles. The van der Waals surface area contributed by atoms with Crippen LogP contribution in [0.15, 0.2) is 73.1 Å². The molecule has 0 saturated carbocycles. The molecular formula is C25H26O6. The van der Waals surface area contributed by atoms with Crippen molar-refractivity contribution in [2.24, 2.45) is 0 Å². The highest BCUT2D eigenvalue weighted by atomic mass is 16.5. The zero-order valence-electron chi connectivity index (χ0n) is 17.3. The van der Waals surface area contributed by atoms with Crippen LogP contribution in [0.4, 0.5) is 0 Å². The largest absolute Gasteiger partial charge is 0.508 e. The van der Waals surface area contributed by atoms with Gasteiger partial charge in [-0.05, 0) is 42.7 Å². The van der Waals surface area contributed by atoms with Crippen molar-refractivity contribution in [3.05, 3.63) is 89.7 Å². The number of ketones is 1. The molecule has 2 rings (SSSR count). The Labute approximate surface area is 181 Å². The maximum absolute atomic E-state index is 12.6. The number of allylic oxidation sites excluding steroid dienone is 5. The molecule has 0 fully saturated rings. The van der Waals surface area contributed by atoms with Gasteiger partial charge in [-0.3, -0.25) is 4.79 Å². The third-order valence-corrected chi connectivity index (χ3v) is 4.54. The molecule has 4 N–H and O–H groups in total. The van der Waals surface area contributed by atoms with E-state index in [2.05, 4.69) is 6.58 Å². The number of Topliss-reactive ketones (excluding diaryl/α,β-unsaturated/α-hetero) is 1. The first-order valence-corrected chi connectivity index (χ1v) is 9.66. The summed E-state index contributed by atoms with van der Waals surface area (Å²) in [6.07, 6.45) is 10.8. The summed E-state index contributed by atoms with van der Waals surface area (Å²) < 4.78 is 5.04. The SMILES string of the molecule is C=C/C(=C\C=C\CCC(=O)c1c(O)cc(O)c(C/C=C/c2ccc(O)cc2)c1O)OC. The second-order valence-electron chi connectivity index (χ2n) is 6.68. The number of methoxy groups -OCH3 is 1. The number of benzene rings is 2. The predicted octanol–water partition coefficient (Wildman–Crippen LogP) is 5.00. The normalized spacial score (nSPS) is 11.8. The van der Waals surface area contributed by atoms with E-state index in [9.17, 15) is 25.2 Å². The average molecular weight is 422 g/mol. The molecule has 0 aromatic heterocycles. The van der Waals surface area contributed by atoms with Crippen molar-refractivity contribution in [1.82, 2.24) is 0 Å². The molecule has 162 valence electrons. The van der Waals surface area contributed by atoms with Gasteiger partial charge in [-0.2, -0.15) is 0 Å². The molecule has 2 aromatic carbocycles. The van der Waals surface area contributed by atoms with E-state index in [0.29, 0.717) is 12.2 Å². The lowest BCUT2D eigenvalue weighted by atomic mass is 9.98. The number of rotatable bonds is 10. The second-order valence-corrected chi connectivity index (χ2v) is 6.68. The van der Waals surface area contributed by atoms with Gasteiger partial charge in [0.2, 0.25) is 0 Å². The zero-order chi connectivity index (χ0) is 22.8. The number of phenols is 4. The first-order chi connectivity index (χ1) is 14.9. The van der Waals surface area contributed by atoms with Gasteiger partial charge in [-0.15, -0.1) is 0 Å². The lowest BCUT2D eigenvalue weighted by Gasteiger charge is -2.12. The summed E-state index contributed by atoms with van der Waals surface area (Å²) in [5.41, 5.74) is 0.754. The van der Waals surface area contributed by atoms with E-state index < -0.39 is 17.3 Å². The molecule has 0 unspecified atom stereocenters. The molecule has 0 spiro atoms. The van der Waals surface area contributed by atoms with Crippen molar-refractivity contribution >= 4 is 11.9 Å². The van der Waals surface area contributed by atoms with Crippen LogP contribution in [0.5, 0.6) is 23.0 Å². The molecule has 31 heavy (non-hydrogen) atoms. The average Bonchev–Trinajstić information content (AvgIpc) is 2.74. The predicted molar refractivity (Wildman–Crippen MR) is 120 cm³/mol. The molecule has 0 heterocycles. The van der Waals surface area contributed by atoms with E-state index in [1.165, 1.54) is 7.11 Å². The van der Waals surface area contributed by atoms with Crippen LogP contribution in [-0.2, 0) is 11.2 Å². The van der Waals surface area contributed by atoms with Gasteiger partial charge in [0, 0.05) is 18.1 Å². The molecule has 6 nitrogen and oxygen atoms in total. The van der Waals surface area contributed by atoms with Crippen LogP contribution < -0.4 is 0 Å². The summed E-state index contributed by atoms with van der Waals surface area (Å²) >= 11 is 0. The molecule has 0 amide bonds. The standard InChI is InChI=1S/C25H26O6/c1-3-19(31-2)9-5-4-6-11-21(27)24-23(29)16-22(28)20(25(24)30)10-7-8-17-12-14-18(26)15-13-17/h3-5,7-9,12-16,26,28-30H,1,6,10-11H2,2H3/b5-4+,8-7+,19-9+. The summed E-state index contributed by atoms with van der Waals surface area (Å²) in [5.74, 6) is -0.911. The topological polar surface area (TPSA) is 107 Å². The molecule has 0 bridgehead atoms. The number of phenolic OH excluding ortho intramolecular Hbond substituents is 4. The van der Waals surface area contributed by atoms with Crippen LogP contribution in [-0.4, -0.2) is 33.3 Å². The van der Waals surface area contributed by atoms with Crippen molar-refractivity contribution in [2.75, 3.05) is 7.11 Å². The van der Waals surface area contributed by atoms with Gasteiger partial charge < -0.3 is 25.2 Å². The van der Waals surface area contributed by atoms with Gasteiger partial charge in [0.05, 0.1) is 7.11 Å². The minimum atomic E-state index is -0.469. The zero-order valence-corrected chi connectivity index (χ0v) is 17.3. The molecular weight excluding hydrogens is 396 g/mol. The fourth-order valence-electron chi connectivity index (χ4n) is 2.87. The van der Waals surface area contributed by atoms with Gasteiger partial charge in [-0.25, -0.2) is 0 Å². The van der Waals surface area contributed by atoms with Gasteiger partial charge in [0.15, 0.2) is 5.78 Å². The molecule has 0 atom stereocenters. The Morgan fingerprint density at radius 2 is 1.77 bits per heavy atom. The number of carbonyl (C=O) groups is 1. The Morgan fingerprint density at radius 3 is 2.42 bits per heavy atom. The summed E-state index contributed by atoms with van der Waals surface area (Å²) in [7, 11) is 1.53. The lowest BCUT2D eigenvalue weighted by molar-refractivity contribution is 0.0978. The van der Waals surface area contributed by atoms with E-state index in [4.69, 9.17) is 4.74 Å². The Bertz CT molecular complexity index is 1010. The Kier molecular flexibility index (Phi) is 8.52. The van der Waals surface area contributed by atoms with Crippen LogP contribution in [0.3, 0.4) is 0 Å². The van der Waals surface area contributed by atoms with Crippen LogP contribution in [0.25, 0.3) is 6.08 Å². The van der Waals surface area contributed by atoms with Crippen molar-refractivity contribution in [2.45, 2.75) is 19.3 Å². The summed E-state index contributed by atoms with van der Waals surface area (Å²) in [6, 6.07) is 7.58. The number of hydrogen-bond acceptors (Lipinski definition) is 6. The first kappa shape index (κ1) is 23.3. The molecule has 0 aliphatic carbocycles. The van der Waals surface area contributed by atoms with E-state index in [0.717, 1.165) is 11.6 Å². The maximum Gasteiger partial charge on any atom is 0.170 e. The first-order valence-electron chi connectivity index (χ1n) is 9.66. The Morgan fingerprint density at radius 1 is 1.06 bits per heavy atom. The highest BCUT2D eigenvalue weighted by Gasteiger charge is 2.21. The number of ether oxygens (including phenoxy) is 1. The van der Waals surface area contributed by atoms with E-state index in [-0.39, 0.29) is 35.5 Å². The third kappa shape index (κ3) is 6.54. The van der Waals surface area contributed by atoms with Crippen LogP contribution in [0, 0.1) is 0 Å². The summed E-state index contributed by atoms with van der Waals surface area (Å²) in [6.45, 7) is 3.60. The van der Waals surface area contributed by atoms with E-state index in [1.807, 2.05) is 0 Å². The quantitative estimate of drug-likeness (QED) is 0.244. The minimum absolute atomic E-state index is 0.0649. The van der Waals surface area contributed by atoms with Gasteiger partial charge in [0.25, 0.3) is 0 Å². The second kappa shape index (κ2) is 11.3. The van der Waals surface area contributed by atoms with Crippen LogP contribution in [0.1, 0.15) is 34.3 Å². The summed E-state index contributed by atoms with van der Waals surface area (Å²) in [4.78, 5) is 12.6. The maximum atomic E-state index is 12.6. The van der Waals surface area contributed by atoms with Gasteiger partial charge in [-0.1, -0.05) is 43.0 Å². The molecule has 6 heteroatoms. The molecule has 0 radical (unpaired) electrons. The van der Waals surface area contributed by atoms with Crippen molar-refractivity contribution < 1.29 is 30.0 Å². The van der Waals surface area contributed by atoms with E-state index >= 15 is 0 Å². The number of hydrogen-bond donors (Lipinski definition) is 4. The van der Waals surface area contributed by atoms with Crippen molar-refractivity contribution in [3.8, 4) is 23.0 Å². The van der Waals surface area contributed by atoms with Crippen LogP contribution in [0.2, 0.25) is 0 Å². The lowest BCUT2D eigenvalue weighted by Crippen LogP contribution is -2.02. The van der Waals surface area contributed by atoms with Crippen molar-refractivity contribution in [3.63, 3.8) is 0 Å². The number of carbonyl (C=O) groups excluding carboxylic acids is 1. The third-order valence-electron chi connectivity index (χ3n) is 4.54. The summed E-state index contributed by atoms with van der Waals surface area (Å²) in [5, 5.41) is 40.1. The monoisotopic (exact) mass is 422 g/mol. The Hall–Kier alpha value is -3.93. The van der Waals surface area contributed by atoms with Crippen molar-refractivity contribution in [1.29, 1.82) is 0 Å². The molecule has 0 aliphatic rings. The van der Waals surface area contributed by atoms with Crippen LogP contribution >= 0.6 is 0 Å². The highest BCUT2D eigenvalue weighted by molar-refractivity contribution is 6.02. The van der Waals surface area contributed by atoms with Gasteiger partial charge >= 0.3 is 0 Å². The molecule has 0 saturated heterocycles. The molecule has 2 aromatic rings. The minimum Gasteiger partial charge on any atom is -0.508 e. The van der Waals surface area contributed by atoms with Gasteiger partial charge in [0.1, 0.15) is 34.3 Å². The van der Waals surface area contributed by atoms with E-state index in [1.54, 1.807) is 60.7 Å². The highest BCUT2D eigenvalue weighted by Crippen LogP contribution is 2.38. The fraction of sp³-hybridized carbons (Fsp3) is 0.160. The smallest absolute Gasteiger partial charge is 0.170 e.